The van der Waals surface area contributed by atoms with Gasteiger partial charge in [-0.1, -0.05) is 77.3 Å². The molecule has 16 heavy (non-hydrogen) atoms. The number of hydrogen-bond donors (Lipinski definition) is 0. The van der Waals surface area contributed by atoms with Gasteiger partial charge in [0, 0.05) is 0 Å². The van der Waals surface area contributed by atoms with Gasteiger partial charge >= 0.3 is 0 Å². The topological polar surface area (TPSA) is 0 Å². The fourth-order valence-corrected chi connectivity index (χ4v) is 1.15. The number of allylic oxidation sites excluding steroid dienone is 5. The molecule has 0 aromatic carbocycles. The maximum atomic E-state index is 3.81. The summed E-state index contributed by atoms with van der Waals surface area (Å²) in [5.41, 5.74) is 2.76. The first-order valence-corrected chi connectivity index (χ1v) is 6.68. The summed E-state index contributed by atoms with van der Waals surface area (Å²) in [5.74, 6) is 0. The summed E-state index contributed by atoms with van der Waals surface area (Å²) >= 11 is 0. The summed E-state index contributed by atoms with van der Waals surface area (Å²) in [6.07, 6.45) is 12.5. The molecule has 94 valence electrons. The van der Waals surface area contributed by atoms with Gasteiger partial charge in [0.2, 0.25) is 0 Å². The van der Waals surface area contributed by atoms with E-state index in [-0.39, 0.29) is 0 Å². The Kier molecular flexibility index (Phi) is 15.7. The maximum Gasteiger partial charge on any atom is -0.0282 e. The molecule has 0 amide bonds. The second-order valence-electron chi connectivity index (χ2n) is 3.89. The molecule has 0 bridgehead atoms. The van der Waals surface area contributed by atoms with Gasteiger partial charge in [-0.3, -0.25) is 0 Å². The lowest BCUT2D eigenvalue weighted by Crippen LogP contribution is -1.80. The van der Waals surface area contributed by atoms with Crippen LogP contribution >= 0.6 is 0 Å². The summed E-state index contributed by atoms with van der Waals surface area (Å²) in [7, 11) is 0. The highest BCUT2D eigenvalue weighted by Gasteiger charge is 1.91. The van der Waals surface area contributed by atoms with Gasteiger partial charge in [0.1, 0.15) is 0 Å². The third kappa shape index (κ3) is 11.3. The summed E-state index contributed by atoms with van der Waals surface area (Å²) < 4.78 is 0. The second-order valence-corrected chi connectivity index (χ2v) is 3.89. The first-order chi connectivity index (χ1) is 7.69. The molecule has 0 unspecified atom stereocenters. The minimum atomic E-state index is 1.11. The quantitative estimate of drug-likeness (QED) is 0.479. The lowest BCUT2D eigenvalue weighted by atomic mass is 10.1. The molecule has 0 atom stereocenters. The van der Waals surface area contributed by atoms with E-state index in [2.05, 4.69) is 53.3 Å². The first-order valence-electron chi connectivity index (χ1n) is 6.68. The van der Waals surface area contributed by atoms with Crippen molar-refractivity contribution in [1.82, 2.24) is 0 Å². The molecule has 0 aromatic heterocycles. The Morgan fingerprint density at radius 3 is 1.75 bits per heavy atom. The Hall–Kier alpha value is -0.780. The third-order valence-electron chi connectivity index (χ3n) is 2.45. The van der Waals surface area contributed by atoms with Gasteiger partial charge < -0.3 is 0 Å². The standard InChI is InChI=1S/C12H20.C4H10/c1-5-9-12(8-4)10-11(6-2)7-3;1-3-4-2/h6,8,10H,4-5,7,9H2,1-3H3;3-4H2,1-2H3/b11-6-,12-10+;. The second kappa shape index (κ2) is 14.2. The fourth-order valence-electron chi connectivity index (χ4n) is 1.15. The Bertz CT molecular complexity index is 204. The van der Waals surface area contributed by atoms with Crippen molar-refractivity contribution in [2.45, 2.75) is 66.7 Å². The summed E-state index contributed by atoms with van der Waals surface area (Å²) in [6.45, 7) is 14.6. The molecular formula is C16H30. The van der Waals surface area contributed by atoms with Crippen LogP contribution in [0.15, 0.2) is 36.0 Å². The van der Waals surface area contributed by atoms with Crippen molar-refractivity contribution in [2.75, 3.05) is 0 Å². The smallest absolute Gasteiger partial charge is 0.0282 e. The predicted molar refractivity (Wildman–Crippen MR) is 77.8 cm³/mol. The molecule has 0 aliphatic heterocycles. The fraction of sp³-hybridized carbons (Fsp3) is 0.625. The lowest BCUT2D eigenvalue weighted by Gasteiger charge is -2.01. The highest BCUT2D eigenvalue weighted by Crippen LogP contribution is 2.11. The van der Waals surface area contributed by atoms with Crippen molar-refractivity contribution in [3.8, 4) is 0 Å². The molecule has 0 N–H and O–H groups in total. The van der Waals surface area contributed by atoms with Gasteiger partial charge in [-0.2, -0.15) is 0 Å². The van der Waals surface area contributed by atoms with Gasteiger partial charge in [-0.25, -0.2) is 0 Å². The van der Waals surface area contributed by atoms with Crippen LogP contribution in [0.2, 0.25) is 0 Å². The SMILES string of the molecule is C=C/C(=C\C(=C/C)CC)CCC.CCCC. The third-order valence-corrected chi connectivity index (χ3v) is 2.45. The van der Waals surface area contributed by atoms with Crippen LogP contribution < -0.4 is 0 Å². The van der Waals surface area contributed by atoms with E-state index in [0.29, 0.717) is 0 Å². The van der Waals surface area contributed by atoms with E-state index in [1.807, 2.05) is 6.08 Å². The van der Waals surface area contributed by atoms with Gasteiger partial charge in [0.25, 0.3) is 0 Å². The zero-order valence-electron chi connectivity index (χ0n) is 12.0. The normalized spacial score (nSPS) is 11.8. The van der Waals surface area contributed by atoms with Gasteiger partial charge in [-0.15, -0.1) is 0 Å². The molecule has 0 aliphatic rings. The summed E-state index contributed by atoms with van der Waals surface area (Å²) in [4.78, 5) is 0. The average molecular weight is 222 g/mol. The minimum Gasteiger partial charge on any atom is -0.0988 e. The molecule has 0 fully saturated rings. The highest BCUT2D eigenvalue weighted by molar-refractivity contribution is 5.28. The summed E-state index contributed by atoms with van der Waals surface area (Å²) in [5, 5.41) is 0. The number of rotatable bonds is 6. The van der Waals surface area contributed by atoms with E-state index in [4.69, 9.17) is 0 Å². The molecular weight excluding hydrogens is 192 g/mol. The Morgan fingerprint density at radius 1 is 0.938 bits per heavy atom. The zero-order chi connectivity index (χ0) is 12.8. The molecule has 0 saturated heterocycles. The van der Waals surface area contributed by atoms with Crippen molar-refractivity contribution < 1.29 is 0 Å². The van der Waals surface area contributed by atoms with Crippen LogP contribution in [0.4, 0.5) is 0 Å². The molecule has 0 rings (SSSR count). The van der Waals surface area contributed by atoms with Crippen LogP contribution in [0, 0.1) is 0 Å². The van der Waals surface area contributed by atoms with Crippen LogP contribution in [0.1, 0.15) is 66.7 Å². The molecule has 0 spiro atoms. The van der Waals surface area contributed by atoms with Crippen molar-refractivity contribution in [3.63, 3.8) is 0 Å². The number of unbranched alkanes of at least 4 members (excludes halogenated alkanes) is 1. The molecule has 0 radical (unpaired) electrons. The zero-order valence-corrected chi connectivity index (χ0v) is 12.0. The van der Waals surface area contributed by atoms with E-state index in [0.717, 1.165) is 12.8 Å². The Labute approximate surface area is 103 Å². The first kappa shape index (κ1) is 17.6. The Balaban J connectivity index is 0. The molecule has 0 aliphatic carbocycles. The Morgan fingerprint density at radius 2 is 1.50 bits per heavy atom. The minimum absolute atomic E-state index is 1.11. The van der Waals surface area contributed by atoms with E-state index in [1.54, 1.807) is 0 Å². The van der Waals surface area contributed by atoms with E-state index < -0.39 is 0 Å². The molecule has 0 heteroatoms. The number of hydrogen-bond acceptors (Lipinski definition) is 0. The molecule has 0 nitrogen and oxygen atoms in total. The van der Waals surface area contributed by atoms with Gasteiger partial charge in [-0.05, 0) is 25.3 Å². The van der Waals surface area contributed by atoms with E-state index >= 15 is 0 Å². The average Bonchev–Trinajstić information content (AvgIpc) is 2.34. The van der Waals surface area contributed by atoms with Crippen molar-refractivity contribution in [2.24, 2.45) is 0 Å². The van der Waals surface area contributed by atoms with Crippen LogP contribution in [0.3, 0.4) is 0 Å². The van der Waals surface area contributed by atoms with Gasteiger partial charge in [0.15, 0.2) is 0 Å². The maximum absolute atomic E-state index is 3.81. The van der Waals surface area contributed by atoms with E-state index in [9.17, 15) is 0 Å². The lowest BCUT2D eigenvalue weighted by molar-refractivity contribution is 0.886. The van der Waals surface area contributed by atoms with Crippen molar-refractivity contribution >= 4 is 0 Å². The van der Waals surface area contributed by atoms with Crippen LogP contribution in [-0.2, 0) is 0 Å². The van der Waals surface area contributed by atoms with Gasteiger partial charge in [0.05, 0.1) is 0 Å². The summed E-state index contributed by atoms with van der Waals surface area (Å²) in [6, 6.07) is 0. The molecule has 0 aromatic rings. The van der Waals surface area contributed by atoms with Crippen LogP contribution in [0.5, 0.6) is 0 Å². The van der Waals surface area contributed by atoms with Crippen molar-refractivity contribution in [1.29, 1.82) is 0 Å². The molecule has 0 saturated carbocycles. The highest BCUT2D eigenvalue weighted by atomic mass is 14.0. The van der Waals surface area contributed by atoms with Crippen molar-refractivity contribution in [3.05, 3.63) is 36.0 Å². The van der Waals surface area contributed by atoms with Crippen LogP contribution in [-0.4, -0.2) is 0 Å². The largest absolute Gasteiger partial charge is 0.0988 e. The molecule has 0 heterocycles. The predicted octanol–water partition coefficient (Wildman–Crippen LogP) is 6.06. The van der Waals surface area contributed by atoms with Crippen LogP contribution in [0.25, 0.3) is 0 Å². The monoisotopic (exact) mass is 222 g/mol. The van der Waals surface area contributed by atoms with E-state index in [1.165, 1.54) is 30.4 Å².